The van der Waals surface area contributed by atoms with E-state index in [2.05, 4.69) is 34.0 Å². The molecular formula is C15H20N2O2S. The molecule has 2 saturated heterocycles. The van der Waals surface area contributed by atoms with E-state index < -0.39 is 0 Å². The van der Waals surface area contributed by atoms with Crippen molar-refractivity contribution in [3.8, 4) is 0 Å². The van der Waals surface area contributed by atoms with Crippen LogP contribution in [0.1, 0.15) is 37.9 Å². The molecule has 4 nitrogen and oxygen atoms in total. The van der Waals surface area contributed by atoms with Gasteiger partial charge in [0.2, 0.25) is 5.91 Å². The van der Waals surface area contributed by atoms with Gasteiger partial charge in [-0.15, -0.1) is 0 Å². The third-order valence-corrected chi connectivity index (χ3v) is 5.73. The van der Waals surface area contributed by atoms with Gasteiger partial charge in [0.15, 0.2) is 0 Å². The molecule has 20 heavy (non-hydrogen) atoms. The van der Waals surface area contributed by atoms with E-state index in [4.69, 9.17) is 4.74 Å². The number of nitrogens with zero attached hydrogens (tertiary/aromatic N) is 1. The normalized spacial score (nSPS) is 33.0. The van der Waals surface area contributed by atoms with Crippen LogP contribution in [0.5, 0.6) is 0 Å². The lowest BCUT2D eigenvalue weighted by Gasteiger charge is -2.33. The van der Waals surface area contributed by atoms with Gasteiger partial charge in [-0.2, -0.15) is 11.3 Å². The van der Waals surface area contributed by atoms with E-state index in [1.165, 1.54) is 5.56 Å². The molecule has 4 rings (SSSR count). The molecule has 3 unspecified atom stereocenters. The fourth-order valence-electron chi connectivity index (χ4n) is 3.50. The minimum absolute atomic E-state index is 0.0480. The van der Waals surface area contributed by atoms with Crippen LogP contribution in [0.4, 0.5) is 0 Å². The van der Waals surface area contributed by atoms with E-state index in [0.717, 1.165) is 32.5 Å². The lowest BCUT2D eigenvalue weighted by atomic mass is 9.98. The first-order chi connectivity index (χ1) is 9.71. The summed E-state index contributed by atoms with van der Waals surface area (Å²) in [6, 6.07) is 2.37. The summed E-state index contributed by atoms with van der Waals surface area (Å²) in [5.74, 6) is 0.767. The van der Waals surface area contributed by atoms with E-state index in [1.54, 1.807) is 11.3 Å². The fraction of sp³-hybridized carbons (Fsp3) is 0.667. The molecule has 5 heteroatoms. The number of hydrogen-bond acceptors (Lipinski definition) is 4. The second-order valence-electron chi connectivity index (χ2n) is 6.26. The molecule has 1 amide bonds. The fourth-order valence-corrected chi connectivity index (χ4v) is 4.17. The molecule has 1 saturated carbocycles. The van der Waals surface area contributed by atoms with Crippen molar-refractivity contribution in [1.82, 2.24) is 10.2 Å². The summed E-state index contributed by atoms with van der Waals surface area (Å²) in [6.07, 6.45) is 3.08. The third kappa shape index (κ3) is 1.84. The average Bonchev–Trinajstić information content (AvgIpc) is 2.92. The summed E-state index contributed by atoms with van der Waals surface area (Å²) in [5, 5.41) is 7.82. The van der Waals surface area contributed by atoms with Crippen LogP contribution in [0.15, 0.2) is 16.8 Å². The number of carbonyl (C=O) groups excluding carboxylic acids is 1. The zero-order chi connectivity index (χ0) is 13.7. The van der Waals surface area contributed by atoms with Gasteiger partial charge < -0.3 is 9.64 Å². The highest BCUT2D eigenvalue weighted by molar-refractivity contribution is 7.07. The number of thiophene rings is 1. The Morgan fingerprint density at radius 2 is 2.40 bits per heavy atom. The molecule has 0 aromatic carbocycles. The Morgan fingerprint density at radius 1 is 1.55 bits per heavy atom. The van der Waals surface area contributed by atoms with Gasteiger partial charge in [-0.3, -0.25) is 10.1 Å². The van der Waals surface area contributed by atoms with Crippen molar-refractivity contribution in [1.29, 1.82) is 0 Å². The SMILES string of the molecule is CC(C1CCOC1)N1C(=O)C2(CC2)NC1c1ccsc1. The molecule has 3 atom stereocenters. The van der Waals surface area contributed by atoms with Crippen LogP contribution in [0.25, 0.3) is 0 Å². The molecule has 1 N–H and O–H groups in total. The first kappa shape index (κ1) is 12.8. The standard InChI is InChI=1S/C15H20N2O2S/c1-10(11-2-6-19-8-11)17-13(12-3-7-20-9-12)16-15(4-5-15)14(17)18/h3,7,9-11,13,16H,2,4-6,8H2,1H3. The largest absolute Gasteiger partial charge is 0.381 e. The number of ether oxygens (including phenoxy) is 1. The number of carbonyl (C=O) groups is 1. The third-order valence-electron chi connectivity index (χ3n) is 5.03. The number of hydrogen-bond donors (Lipinski definition) is 1. The second-order valence-corrected chi connectivity index (χ2v) is 7.04. The zero-order valence-electron chi connectivity index (χ0n) is 11.7. The van der Waals surface area contributed by atoms with Crippen molar-refractivity contribution in [2.24, 2.45) is 5.92 Å². The highest BCUT2D eigenvalue weighted by Crippen LogP contribution is 2.47. The smallest absolute Gasteiger partial charge is 0.244 e. The Kier molecular flexibility index (Phi) is 2.91. The first-order valence-corrected chi connectivity index (χ1v) is 8.36. The van der Waals surface area contributed by atoms with E-state index >= 15 is 0 Å². The van der Waals surface area contributed by atoms with Crippen LogP contribution in [-0.4, -0.2) is 35.6 Å². The molecule has 3 heterocycles. The molecule has 0 radical (unpaired) electrons. The summed E-state index contributed by atoms with van der Waals surface area (Å²) in [4.78, 5) is 14.9. The topological polar surface area (TPSA) is 41.6 Å². The summed E-state index contributed by atoms with van der Waals surface area (Å²) >= 11 is 1.69. The van der Waals surface area contributed by atoms with Crippen molar-refractivity contribution < 1.29 is 9.53 Å². The molecule has 1 spiro atoms. The molecule has 1 aromatic heterocycles. The van der Waals surface area contributed by atoms with Gasteiger partial charge in [0.1, 0.15) is 11.7 Å². The number of nitrogens with one attached hydrogen (secondary N) is 1. The highest BCUT2D eigenvalue weighted by atomic mass is 32.1. The Balaban J connectivity index is 1.64. The van der Waals surface area contributed by atoms with Gasteiger partial charge in [-0.1, -0.05) is 0 Å². The van der Waals surface area contributed by atoms with Crippen LogP contribution in [0.2, 0.25) is 0 Å². The van der Waals surface area contributed by atoms with E-state index in [1.807, 2.05) is 0 Å². The zero-order valence-corrected chi connectivity index (χ0v) is 12.5. The summed E-state index contributed by atoms with van der Waals surface area (Å²) < 4.78 is 5.51. The minimum atomic E-state index is -0.250. The highest BCUT2D eigenvalue weighted by Gasteiger charge is 2.60. The summed E-state index contributed by atoms with van der Waals surface area (Å²) in [5.41, 5.74) is 0.971. The van der Waals surface area contributed by atoms with Crippen molar-refractivity contribution in [2.75, 3.05) is 13.2 Å². The van der Waals surface area contributed by atoms with E-state index in [0.29, 0.717) is 11.8 Å². The van der Waals surface area contributed by atoms with Gasteiger partial charge in [-0.05, 0) is 48.6 Å². The maximum Gasteiger partial charge on any atom is 0.244 e. The van der Waals surface area contributed by atoms with Gasteiger partial charge in [0, 0.05) is 18.6 Å². The molecule has 1 aromatic rings. The Bertz CT molecular complexity index is 506. The lowest BCUT2D eigenvalue weighted by Crippen LogP contribution is -2.43. The van der Waals surface area contributed by atoms with Crippen LogP contribution >= 0.6 is 11.3 Å². The first-order valence-electron chi connectivity index (χ1n) is 7.42. The summed E-state index contributed by atoms with van der Waals surface area (Å²) in [6.45, 7) is 3.80. The lowest BCUT2D eigenvalue weighted by molar-refractivity contribution is -0.133. The van der Waals surface area contributed by atoms with Crippen LogP contribution < -0.4 is 5.32 Å². The average molecular weight is 292 g/mol. The second kappa shape index (κ2) is 4.55. The molecule has 0 bridgehead atoms. The van der Waals surface area contributed by atoms with Crippen molar-refractivity contribution >= 4 is 17.2 Å². The Labute approximate surface area is 123 Å². The maximum atomic E-state index is 12.8. The van der Waals surface area contributed by atoms with Crippen LogP contribution in [0.3, 0.4) is 0 Å². The minimum Gasteiger partial charge on any atom is -0.381 e. The monoisotopic (exact) mass is 292 g/mol. The van der Waals surface area contributed by atoms with Gasteiger partial charge in [-0.25, -0.2) is 0 Å². The Morgan fingerprint density at radius 3 is 3.00 bits per heavy atom. The molecule has 1 aliphatic carbocycles. The summed E-state index contributed by atoms with van der Waals surface area (Å²) in [7, 11) is 0. The van der Waals surface area contributed by atoms with E-state index in [9.17, 15) is 4.79 Å². The van der Waals surface area contributed by atoms with E-state index in [-0.39, 0.29) is 17.7 Å². The molecule has 2 aliphatic heterocycles. The predicted molar refractivity (Wildman–Crippen MR) is 77.4 cm³/mol. The molecule has 3 fully saturated rings. The number of amides is 1. The van der Waals surface area contributed by atoms with Crippen molar-refractivity contribution in [2.45, 2.75) is 43.9 Å². The predicted octanol–water partition coefficient (Wildman–Crippen LogP) is 2.14. The van der Waals surface area contributed by atoms with Crippen molar-refractivity contribution in [3.63, 3.8) is 0 Å². The molecule has 108 valence electrons. The molecule has 3 aliphatic rings. The van der Waals surface area contributed by atoms with Gasteiger partial charge >= 0.3 is 0 Å². The number of rotatable bonds is 3. The Hall–Kier alpha value is -0.910. The van der Waals surface area contributed by atoms with Crippen LogP contribution in [0, 0.1) is 5.92 Å². The quantitative estimate of drug-likeness (QED) is 0.928. The van der Waals surface area contributed by atoms with Gasteiger partial charge in [0.25, 0.3) is 0 Å². The van der Waals surface area contributed by atoms with Crippen LogP contribution in [-0.2, 0) is 9.53 Å². The maximum absolute atomic E-state index is 12.8. The van der Waals surface area contributed by atoms with Gasteiger partial charge in [0.05, 0.1) is 6.61 Å². The molecular weight excluding hydrogens is 272 g/mol. The van der Waals surface area contributed by atoms with Crippen molar-refractivity contribution in [3.05, 3.63) is 22.4 Å².